The number of imidazole rings is 1. The lowest BCUT2D eigenvalue weighted by Gasteiger charge is -2.34. The molecule has 3 aromatic rings. The zero-order chi connectivity index (χ0) is 27.7. The Hall–Kier alpha value is -2.14. The highest BCUT2D eigenvalue weighted by molar-refractivity contribution is 7.65. The Kier molecular flexibility index (Phi) is 8.47. The van der Waals surface area contributed by atoms with Crippen molar-refractivity contribution in [2.75, 3.05) is 12.3 Å². The Labute approximate surface area is 213 Å². The number of phosphoric ester groups is 2. The third-order valence-electron chi connectivity index (χ3n) is 5.03. The van der Waals surface area contributed by atoms with E-state index in [0.717, 1.165) is 6.33 Å². The van der Waals surface area contributed by atoms with Gasteiger partial charge in [-0.2, -0.15) is 0 Å². The van der Waals surface area contributed by atoms with Crippen molar-refractivity contribution in [2.24, 2.45) is 0 Å². The van der Waals surface area contributed by atoms with Gasteiger partial charge in [-0.3, -0.25) is 18.3 Å². The van der Waals surface area contributed by atoms with Crippen LogP contribution in [0.2, 0.25) is 0 Å². The molecule has 2 aromatic heterocycles. The van der Waals surface area contributed by atoms with Gasteiger partial charge in [0.15, 0.2) is 17.7 Å². The Bertz CT molecular complexity index is 1430. The van der Waals surface area contributed by atoms with E-state index in [2.05, 4.69) is 32.6 Å². The van der Waals surface area contributed by atoms with Crippen LogP contribution in [0.5, 0.6) is 0 Å². The summed E-state index contributed by atoms with van der Waals surface area (Å²) in [4.78, 5) is 47.4. The van der Waals surface area contributed by atoms with Crippen molar-refractivity contribution >= 4 is 40.4 Å². The molecule has 38 heavy (non-hydrogen) atoms. The summed E-state index contributed by atoms with van der Waals surface area (Å²) in [5.41, 5.74) is 6.36. The number of nitrogens with zero attached hydrogens (tertiary/aromatic N) is 4. The fourth-order valence-electron chi connectivity index (χ4n) is 3.35. The Morgan fingerprint density at radius 3 is 2.29 bits per heavy atom. The lowest BCUT2D eigenvalue weighted by Crippen LogP contribution is -2.34. The summed E-state index contributed by atoms with van der Waals surface area (Å²) in [5.74, 6) is 0.0310. The van der Waals surface area contributed by atoms with Gasteiger partial charge >= 0.3 is 0 Å². The van der Waals surface area contributed by atoms with Gasteiger partial charge in [0.05, 0.1) is 19.5 Å². The van der Waals surface area contributed by atoms with Crippen LogP contribution in [-0.2, 0) is 42.7 Å². The first-order valence-corrected chi connectivity index (χ1v) is 14.8. The molecular formula is C17H19N5O13P3-3. The summed E-state index contributed by atoms with van der Waals surface area (Å²) in [5, 5.41) is 20.7. The van der Waals surface area contributed by atoms with E-state index in [0.29, 0.717) is 5.56 Å². The van der Waals surface area contributed by atoms with Crippen molar-refractivity contribution in [3.05, 3.63) is 48.5 Å². The van der Waals surface area contributed by atoms with E-state index in [-0.39, 0.29) is 17.0 Å². The number of nitrogens with two attached hydrogens (primary N) is 1. The van der Waals surface area contributed by atoms with Crippen LogP contribution in [0.15, 0.2) is 43.0 Å². The Balaban J connectivity index is 1.35. The largest absolute Gasteiger partial charge is 0.756 e. The minimum absolute atomic E-state index is 0.0310. The smallest absolute Gasteiger partial charge is 0.280 e. The number of fused-ring (bicyclic) bond motifs is 1. The number of aliphatic hydroxyl groups is 2. The van der Waals surface area contributed by atoms with Crippen molar-refractivity contribution in [1.82, 2.24) is 19.5 Å². The monoisotopic (exact) mass is 594 g/mol. The van der Waals surface area contributed by atoms with Gasteiger partial charge in [-0.15, -0.1) is 0 Å². The van der Waals surface area contributed by atoms with Crippen molar-refractivity contribution in [3.63, 3.8) is 0 Å². The number of phosphoric acid groups is 3. The molecule has 18 nitrogen and oxygen atoms in total. The van der Waals surface area contributed by atoms with Gasteiger partial charge in [0.25, 0.3) is 23.5 Å². The highest BCUT2D eigenvalue weighted by Gasteiger charge is 2.45. The van der Waals surface area contributed by atoms with E-state index in [4.69, 9.17) is 10.5 Å². The molecule has 0 amide bonds. The quantitative estimate of drug-likeness (QED) is 0.217. The van der Waals surface area contributed by atoms with Gasteiger partial charge < -0.3 is 44.4 Å². The van der Waals surface area contributed by atoms with Crippen LogP contribution in [0.4, 0.5) is 5.82 Å². The number of benzene rings is 1. The fourth-order valence-corrected chi connectivity index (χ4v) is 6.71. The molecule has 21 heteroatoms. The van der Waals surface area contributed by atoms with Gasteiger partial charge in [0, 0.05) is 0 Å². The molecule has 0 spiro atoms. The molecule has 4 rings (SSSR count). The Morgan fingerprint density at radius 2 is 1.61 bits per heavy atom. The maximum absolute atomic E-state index is 12.0. The van der Waals surface area contributed by atoms with Crippen LogP contribution in [0.3, 0.4) is 0 Å². The summed E-state index contributed by atoms with van der Waals surface area (Å²) < 4.78 is 58.7. The van der Waals surface area contributed by atoms with Crippen LogP contribution in [0, 0.1) is 0 Å². The molecule has 3 heterocycles. The van der Waals surface area contributed by atoms with Crippen LogP contribution in [0.1, 0.15) is 11.8 Å². The van der Waals surface area contributed by atoms with E-state index >= 15 is 0 Å². The normalized spacial score (nSPS) is 26.6. The van der Waals surface area contributed by atoms with Gasteiger partial charge in [-0.1, -0.05) is 30.3 Å². The predicted molar refractivity (Wildman–Crippen MR) is 118 cm³/mol. The minimum Gasteiger partial charge on any atom is -0.756 e. The molecule has 1 aliphatic heterocycles. The number of anilines is 1. The molecule has 1 aliphatic rings. The lowest BCUT2D eigenvalue weighted by atomic mass is 10.1. The molecule has 0 saturated carbocycles. The number of rotatable bonds is 11. The topological polar surface area (TPSA) is 277 Å². The highest BCUT2D eigenvalue weighted by Crippen LogP contribution is 2.63. The molecule has 1 fully saturated rings. The van der Waals surface area contributed by atoms with Gasteiger partial charge in [0.2, 0.25) is 0 Å². The van der Waals surface area contributed by atoms with Gasteiger partial charge in [-0.25, -0.2) is 23.6 Å². The Morgan fingerprint density at radius 1 is 0.947 bits per heavy atom. The summed E-state index contributed by atoms with van der Waals surface area (Å²) >= 11 is 0. The van der Waals surface area contributed by atoms with Crippen LogP contribution in [-0.4, -0.2) is 54.7 Å². The number of nitrogen functional groups attached to an aromatic ring is 1. The van der Waals surface area contributed by atoms with E-state index in [1.807, 2.05) is 0 Å². The molecular weight excluding hydrogens is 575 g/mol. The second-order valence-electron chi connectivity index (χ2n) is 7.69. The zero-order valence-electron chi connectivity index (χ0n) is 18.9. The van der Waals surface area contributed by atoms with Crippen LogP contribution in [0.25, 0.3) is 11.2 Å². The zero-order valence-corrected chi connectivity index (χ0v) is 21.5. The summed E-state index contributed by atoms with van der Waals surface area (Å²) in [6, 6.07) is 7.73. The van der Waals surface area contributed by atoms with E-state index in [9.17, 15) is 38.6 Å². The first-order valence-electron chi connectivity index (χ1n) is 10.4. The SMILES string of the molecule is Nc1ncnc2c1ncn2[C@@H]1O[C@H](COP(=O)([O-])OP(=O)([O-])OP(=O)([O-])OCc2ccccc2)[C@H](O)C1O. The van der Waals surface area contributed by atoms with Crippen molar-refractivity contribution in [3.8, 4) is 0 Å². The first kappa shape index (κ1) is 28.9. The molecule has 7 atom stereocenters. The number of hydrogen-bond donors (Lipinski definition) is 3. The molecule has 0 radical (unpaired) electrons. The summed E-state index contributed by atoms with van der Waals surface area (Å²) in [7, 11) is -17.4. The second-order valence-corrected chi connectivity index (χ2v) is 12.2. The van der Waals surface area contributed by atoms with Gasteiger partial charge in [0.1, 0.15) is 30.2 Å². The average Bonchev–Trinajstić information content (AvgIpc) is 3.38. The lowest BCUT2D eigenvalue weighted by molar-refractivity contribution is -0.252. The first-order chi connectivity index (χ1) is 17.8. The van der Waals surface area contributed by atoms with Gasteiger partial charge in [-0.05, 0) is 5.56 Å². The van der Waals surface area contributed by atoms with E-state index in [1.54, 1.807) is 18.2 Å². The molecule has 1 aromatic carbocycles. The van der Waals surface area contributed by atoms with Crippen molar-refractivity contribution in [2.45, 2.75) is 31.1 Å². The number of aromatic nitrogens is 4. The van der Waals surface area contributed by atoms with E-state index < -0.39 is 61.2 Å². The summed E-state index contributed by atoms with van der Waals surface area (Å²) in [6.45, 7) is -1.64. The third kappa shape index (κ3) is 6.89. The highest BCUT2D eigenvalue weighted by atomic mass is 31.3. The summed E-state index contributed by atoms with van der Waals surface area (Å²) in [6.07, 6.45) is -3.90. The minimum atomic E-state index is -6.07. The molecule has 208 valence electrons. The third-order valence-corrected chi connectivity index (χ3v) is 9.14. The fraction of sp³-hybridized carbons (Fsp3) is 0.353. The molecule has 4 unspecified atom stereocenters. The number of ether oxygens (including phenoxy) is 1. The molecule has 0 bridgehead atoms. The predicted octanol–water partition coefficient (Wildman–Crippen LogP) is -1.30. The standard InChI is InChI=1S/C17H22N5O13P3/c18-15-12-16(20-8-19-15)22(9-21-12)17-14(24)13(23)11(33-17)7-32-37(27,28)35-38(29,30)34-36(25,26)31-6-10-4-2-1-3-5-10/h1-5,8-9,11,13-14,17,23-24H,6-7H2,(H,25,26)(H,27,28)(H,29,30)(H2,18,19,20)/p-3/t11-,13+,14?,17-/m1/s1. The maximum atomic E-state index is 12.0. The molecule has 1 saturated heterocycles. The maximum Gasteiger partial charge on any atom is 0.280 e. The average molecular weight is 594 g/mol. The van der Waals surface area contributed by atoms with E-state index in [1.165, 1.54) is 23.0 Å². The molecule has 4 N–H and O–H groups in total. The van der Waals surface area contributed by atoms with Crippen molar-refractivity contribution in [1.29, 1.82) is 0 Å². The number of hydrogen-bond acceptors (Lipinski definition) is 17. The van der Waals surface area contributed by atoms with Crippen LogP contribution >= 0.6 is 23.5 Å². The van der Waals surface area contributed by atoms with Crippen molar-refractivity contribution < 1.29 is 61.0 Å². The second kappa shape index (κ2) is 11.2. The molecule has 0 aliphatic carbocycles. The van der Waals surface area contributed by atoms with Crippen LogP contribution < -0.4 is 20.4 Å². The number of aliphatic hydroxyl groups excluding tert-OH is 2.